The van der Waals surface area contributed by atoms with Crippen LogP contribution in [0.2, 0.25) is 0 Å². The smallest absolute Gasteiger partial charge is 0.294 e. The molecule has 1 aromatic heterocycles. The largest absolute Gasteiger partial charge is 0.492 e. The summed E-state index contributed by atoms with van der Waals surface area (Å²) < 4.78 is 10.7. The van der Waals surface area contributed by atoms with Gasteiger partial charge in [-0.3, -0.25) is 14.9 Å². The molecule has 0 amide bonds. The molecule has 7 heteroatoms. The third-order valence-electron chi connectivity index (χ3n) is 2.68. The van der Waals surface area contributed by atoms with E-state index in [-0.39, 0.29) is 23.3 Å². The van der Waals surface area contributed by atoms with Crippen molar-refractivity contribution in [2.75, 3.05) is 7.11 Å². The molecule has 0 atom stereocenters. The second-order valence-corrected chi connectivity index (χ2v) is 4.47. The van der Waals surface area contributed by atoms with E-state index in [0.717, 1.165) is 0 Å². The third-order valence-corrected chi connectivity index (χ3v) is 2.68. The van der Waals surface area contributed by atoms with Gasteiger partial charge in [0.1, 0.15) is 0 Å². The molecule has 0 bridgehead atoms. The van der Waals surface area contributed by atoms with Gasteiger partial charge in [0.05, 0.1) is 23.7 Å². The van der Waals surface area contributed by atoms with Crippen molar-refractivity contribution >= 4 is 16.6 Å². The summed E-state index contributed by atoms with van der Waals surface area (Å²) in [4.78, 5) is 24.8. The van der Waals surface area contributed by atoms with Crippen molar-refractivity contribution < 1.29 is 14.4 Å². The number of benzene rings is 1. The maximum atomic E-state index is 12.0. The number of rotatable bonds is 4. The minimum absolute atomic E-state index is 0.0730. The first-order chi connectivity index (χ1) is 9.43. The molecule has 0 fully saturated rings. The van der Waals surface area contributed by atoms with E-state index < -0.39 is 10.5 Å². The fourth-order valence-electron chi connectivity index (χ4n) is 1.90. The van der Waals surface area contributed by atoms with Crippen molar-refractivity contribution in [2.24, 2.45) is 0 Å². The Bertz CT molecular complexity index is 721. The van der Waals surface area contributed by atoms with Gasteiger partial charge >= 0.3 is 0 Å². The van der Waals surface area contributed by atoms with Gasteiger partial charge in [0.25, 0.3) is 11.2 Å². The monoisotopic (exact) mass is 278 g/mol. The molecule has 106 valence electrons. The summed E-state index contributed by atoms with van der Waals surface area (Å²) in [7, 11) is 1.42. The first-order valence-electron chi connectivity index (χ1n) is 5.99. The van der Waals surface area contributed by atoms with E-state index in [4.69, 9.17) is 9.47 Å². The molecular weight excluding hydrogens is 264 g/mol. The van der Waals surface area contributed by atoms with Gasteiger partial charge in [-0.1, -0.05) is 0 Å². The van der Waals surface area contributed by atoms with Gasteiger partial charge in [0.15, 0.2) is 5.75 Å². The Hall–Kier alpha value is -2.57. The summed E-state index contributed by atoms with van der Waals surface area (Å²) >= 11 is 0. The maximum Gasteiger partial charge on any atom is 0.294 e. The fraction of sp³-hybridized carbons (Fsp3) is 0.308. The van der Waals surface area contributed by atoms with Crippen molar-refractivity contribution in [2.45, 2.75) is 20.0 Å². The summed E-state index contributed by atoms with van der Waals surface area (Å²) in [5.74, 6) is 0.344. The van der Waals surface area contributed by atoms with E-state index in [1.165, 1.54) is 25.3 Å². The van der Waals surface area contributed by atoms with Crippen LogP contribution in [0.5, 0.6) is 11.5 Å². The first kappa shape index (κ1) is 13.9. The zero-order chi connectivity index (χ0) is 14.9. The molecule has 0 aliphatic heterocycles. The Morgan fingerprint density at radius 1 is 1.30 bits per heavy atom. The lowest BCUT2D eigenvalue weighted by Gasteiger charge is -2.14. The van der Waals surface area contributed by atoms with Crippen LogP contribution in [-0.4, -0.2) is 23.1 Å². The van der Waals surface area contributed by atoms with Gasteiger partial charge in [0.2, 0.25) is 5.75 Å². The van der Waals surface area contributed by atoms with E-state index in [0.29, 0.717) is 10.9 Å². The number of methoxy groups -OCH3 is 1. The van der Waals surface area contributed by atoms with E-state index in [9.17, 15) is 14.9 Å². The number of aromatic amines is 1. The molecule has 20 heavy (non-hydrogen) atoms. The van der Waals surface area contributed by atoms with Gasteiger partial charge in [-0.15, -0.1) is 0 Å². The molecule has 0 saturated heterocycles. The van der Waals surface area contributed by atoms with Crippen molar-refractivity contribution in [1.29, 1.82) is 0 Å². The average molecular weight is 278 g/mol. The number of pyridine rings is 1. The van der Waals surface area contributed by atoms with Crippen LogP contribution < -0.4 is 15.0 Å². The van der Waals surface area contributed by atoms with Crippen LogP contribution in [0, 0.1) is 10.1 Å². The number of nitrogens with one attached hydrogen (secondary N) is 1. The number of hydrogen-bond donors (Lipinski definition) is 1. The second-order valence-electron chi connectivity index (χ2n) is 4.47. The molecule has 7 nitrogen and oxygen atoms in total. The van der Waals surface area contributed by atoms with Crippen molar-refractivity contribution in [3.63, 3.8) is 0 Å². The highest BCUT2D eigenvalue weighted by atomic mass is 16.6. The summed E-state index contributed by atoms with van der Waals surface area (Å²) in [6.45, 7) is 3.58. The average Bonchev–Trinajstić information content (AvgIpc) is 2.38. The Morgan fingerprint density at radius 3 is 2.55 bits per heavy atom. The van der Waals surface area contributed by atoms with Gasteiger partial charge < -0.3 is 14.5 Å². The van der Waals surface area contributed by atoms with Crippen LogP contribution in [0.4, 0.5) is 5.69 Å². The Morgan fingerprint density at radius 2 is 2.00 bits per heavy atom. The lowest BCUT2D eigenvalue weighted by atomic mass is 10.1. The predicted molar refractivity (Wildman–Crippen MR) is 73.5 cm³/mol. The second kappa shape index (κ2) is 5.20. The van der Waals surface area contributed by atoms with Crippen LogP contribution in [0.1, 0.15) is 13.8 Å². The predicted octanol–water partition coefficient (Wildman–Crippen LogP) is 2.23. The molecule has 0 spiro atoms. The quantitative estimate of drug-likeness (QED) is 0.683. The number of aromatic nitrogens is 1. The van der Waals surface area contributed by atoms with Crippen molar-refractivity contribution in [3.8, 4) is 11.5 Å². The highest BCUT2D eigenvalue weighted by Gasteiger charge is 2.18. The normalized spacial score (nSPS) is 10.8. The lowest BCUT2D eigenvalue weighted by Crippen LogP contribution is -2.17. The maximum absolute atomic E-state index is 12.0. The number of nitro benzene ring substituents is 1. The Kier molecular flexibility index (Phi) is 3.60. The van der Waals surface area contributed by atoms with Crippen LogP contribution in [0.15, 0.2) is 23.0 Å². The third kappa shape index (κ3) is 2.42. The van der Waals surface area contributed by atoms with Crippen molar-refractivity contribution in [3.05, 3.63) is 38.7 Å². The minimum atomic E-state index is -0.525. The standard InChI is InChI=1S/C13H14N2O5/c1-7(2)20-12-11(19-3)9-5-4-8(15(17)18)6-10(9)14-13(12)16/h4-7H,1-3H3,(H,14,16). The molecule has 0 radical (unpaired) electrons. The molecular formula is C13H14N2O5. The summed E-state index contributed by atoms with van der Waals surface area (Å²) in [6, 6.07) is 4.16. The molecule has 1 N–H and O–H groups in total. The molecule has 0 aliphatic rings. The number of ether oxygens (including phenoxy) is 2. The Balaban J connectivity index is 2.74. The molecule has 2 rings (SSSR count). The van der Waals surface area contributed by atoms with Crippen LogP contribution in [0.25, 0.3) is 10.9 Å². The molecule has 2 aromatic rings. The highest BCUT2D eigenvalue weighted by Crippen LogP contribution is 2.33. The number of non-ortho nitro benzene ring substituents is 1. The molecule has 0 aliphatic carbocycles. The molecule has 1 aromatic carbocycles. The van der Waals surface area contributed by atoms with E-state index in [1.54, 1.807) is 13.8 Å². The lowest BCUT2D eigenvalue weighted by molar-refractivity contribution is -0.384. The molecule has 0 unspecified atom stereocenters. The fourth-order valence-corrected chi connectivity index (χ4v) is 1.90. The summed E-state index contributed by atoms with van der Waals surface area (Å²) in [5, 5.41) is 11.3. The van der Waals surface area contributed by atoms with Gasteiger partial charge in [-0.05, 0) is 19.9 Å². The number of H-pyrrole nitrogens is 1. The Labute approximate surface area is 114 Å². The van der Waals surface area contributed by atoms with Crippen LogP contribution in [0.3, 0.4) is 0 Å². The number of nitro groups is 1. The zero-order valence-corrected chi connectivity index (χ0v) is 11.3. The highest BCUT2D eigenvalue weighted by molar-refractivity contribution is 5.88. The van der Waals surface area contributed by atoms with Crippen LogP contribution in [-0.2, 0) is 0 Å². The van der Waals surface area contributed by atoms with Crippen LogP contribution >= 0.6 is 0 Å². The van der Waals surface area contributed by atoms with E-state index >= 15 is 0 Å². The van der Waals surface area contributed by atoms with Gasteiger partial charge in [-0.2, -0.15) is 0 Å². The molecule has 1 heterocycles. The zero-order valence-electron chi connectivity index (χ0n) is 11.3. The van der Waals surface area contributed by atoms with Crippen molar-refractivity contribution in [1.82, 2.24) is 4.98 Å². The first-order valence-corrected chi connectivity index (χ1v) is 5.99. The summed E-state index contributed by atoms with van der Waals surface area (Å²) in [6.07, 6.45) is -0.194. The molecule has 0 saturated carbocycles. The van der Waals surface area contributed by atoms with Gasteiger partial charge in [0, 0.05) is 17.5 Å². The topological polar surface area (TPSA) is 94.5 Å². The van der Waals surface area contributed by atoms with E-state index in [1.807, 2.05) is 0 Å². The summed E-state index contributed by atoms with van der Waals surface area (Å²) in [5.41, 5.74) is -0.256. The number of hydrogen-bond acceptors (Lipinski definition) is 5. The van der Waals surface area contributed by atoms with Gasteiger partial charge in [-0.25, -0.2) is 0 Å². The SMILES string of the molecule is COc1c(OC(C)C)c(=O)[nH]c2cc([N+](=O)[O-])ccc12. The number of fused-ring (bicyclic) bond motifs is 1. The minimum Gasteiger partial charge on any atom is -0.492 e. The number of nitrogens with zero attached hydrogens (tertiary/aromatic N) is 1. The van der Waals surface area contributed by atoms with E-state index in [2.05, 4.69) is 4.98 Å².